The van der Waals surface area contributed by atoms with Crippen LogP contribution in [0, 0.1) is 0 Å². The molecule has 1 saturated heterocycles. The van der Waals surface area contributed by atoms with Crippen molar-refractivity contribution in [3.63, 3.8) is 0 Å². The van der Waals surface area contributed by atoms with Gasteiger partial charge in [0.05, 0.1) is 35.6 Å². The van der Waals surface area contributed by atoms with E-state index in [1.807, 2.05) is 72.5 Å². The zero-order valence-corrected chi connectivity index (χ0v) is 27.3. The molecule has 3 heterocycles. The van der Waals surface area contributed by atoms with Crippen molar-refractivity contribution < 1.29 is 23.8 Å². The quantitative estimate of drug-likeness (QED) is 0.274. The first kappa shape index (κ1) is 31.8. The molecule has 6 rings (SSSR count). The van der Waals surface area contributed by atoms with Crippen molar-refractivity contribution in [2.24, 2.45) is 4.99 Å². The molecule has 11 heteroatoms. The van der Waals surface area contributed by atoms with Crippen LogP contribution >= 0.6 is 11.3 Å². The Bertz CT molecular complexity index is 2010. The molecule has 47 heavy (non-hydrogen) atoms. The van der Waals surface area contributed by atoms with Crippen LogP contribution in [0.4, 0.5) is 5.69 Å². The van der Waals surface area contributed by atoms with E-state index in [9.17, 15) is 14.4 Å². The number of anilines is 1. The molecule has 2 aliphatic rings. The SMILES string of the molecule is CCOc1cc(/C=c2/sc3n(c2=O)[C@@H](c2cccc(OC)c2)C(C(=O)Nc2ccccc2)=C(C)N=3)ccc1OCC(=O)N1CCCC1. The van der Waals surface area contributed by atoms with Crippen molar-refractivity contribution in [1.29, 1.82) is 0 Å². The van der Waals surface area contributed by atoms with Crippen molar-refractivity contribution >= 4 is 34.9 Å². The van der Waals surface area contributed by atoms with Gasteiger partial charge in [0.25, 0.3) is 17.4 Å². The number of hydrogen-bond acceptors (Lipinski definition) is 8. The molecule has 2 aliphatic heterocycles. The maximum atomic E-state index is 14.2. The summed E-state index contributed by atoms with van der Waals surface area (Å²) in [5.41, 5.74) is 2.67. The lowest BCUT2D eigenvalue weighted by atomic mass is 9.95. The maximum Gasteiger partial charge on any atom is 0.271 e. The first-order chi connectivity index (χ1) is 22.9. The Kier molecular flexibility index (Phi) is 9.53. The molecule has 242 valence electrons. The number of rotatable bonds is 10. The normalized spacial score (nSPS) is 16.0. The van der Waals surface area contributed by atoms with Crippen LogP contribution in [0.5, 0.6) is 17.2 Å². The topological polar surface area (TPSA) is 111 Å². The Morgan fingerprint density at radius 3 is 2.53 bits per heavy atom. The number of amides is 2. The third-order valence-corrected chi connectivity index (χ3v) is 9.07. The summed E-state index contributed by atoms with van der Waals surface area (Å²) in [5, 5.41) is 2.97. The minimum atomic E-state index is -0.741. The third-order valence-electron chi connectivity index (χ3n) is 8.08. The van der Waals surface area contributed by atoms with Gasteiger partial charge in [0.1, 0.15) is 5.75 Å². The van der Waals surface area contributed by atoms with Gasteiger partial charge in [-0.05, 0) is 80.3 Å². The van der Waals surface area contributed by atoms with Crippen molar-refractivity contribution in [1.82, 2.24) is 9.47 Å². The zero-order chi connectivity index (χ0) is 32.9. The lowest BCUT2D eigenvalue weighted by molar-refractivity contribution is -0.132. The molecule has 0 aliphatic carbocycles. The Balaban J connectivity index is 1.37. The van der Waals surface area contributed by atoms with Crippen LogP contribution in [0.1, 0.15) is 43.9 Å². The summed E-state index contributed by atoms with van der Waals surface area (Å²) >= 11 is 1.25. The second-order valence-corrected chi connectivity index (χ2v) is 12.2. The molecule has 2 amide bonds. The van der Waals surface area contributed by atoms with E-state index in [2.05, 4.69) is 5.32 Å². The molecule has 1 aromatic heterocycles. The fourth-order valence-corrected chi connectivity index (χ4v) is 6.86. The van der Waals surface area contributed by atoms with E-state index < -0.39 is 6.04 Å². The molecule has 0 radical (unpaired) electrons. The average molecular weight is 653 g/mol. The Labute approximate surface area is 276 Å². The highest BCUT2D eigenvalue weighted by Gasteiger charge is 2.33. The van der Waals surface area contributed by atoms with E-state index in [0.29, 0.717) is 61.3 Å². The van der Waals surface area contributed by atoms with Crippen LogP contribution in [-0.4, -0.2) is 54.7 Å². The molecular formula is C36H36N4O6S. The molecule has 0 saturated carbocycles. The first-order valence-corrected chi connectivity index (χ1v) is 16.4. The molecule has 0 bridgehead atoms. The Morgan fingerprint density at radius 1 is 1.00 bits per heavy atom. The number of aromatic nitrogens is 1. The number of nitrogens with zero attached hydrogens (tertiary/aromatic N) is 3. The van der Waals surface area contributed by atoms with Crippen molar-refractivity contribution in [3.8, 4) is 17.2 Å². The fraction of sp³-hybridized carbons (Fsp3) is 0.278. The van der Waals surface area contributed by atoms with Gasteiger partial charge < -0.3 is 24.4 Å². The van der Waals surface area contributed by atoms with Crippen molar-refractivity contribution in [2.45, 2.75) is 32.7 Å². The first-order valence-electron chi connectivity index (χ1n) is 15.6. The Morgan fingerprint density at radius 2 is 1.79 bits per heavy atom. The molecule has 1 atom stereocenters. The molecule has 4 aromatic rings. The number of benzene rings is 3. The second-order valence-electron chi connectivity index (χ2n) is 11.2. The predicted molar refractivity (Wildman–Crippen MR) is 181 cm³/mol. The smallest absolute Gasteiger partial charge is 0.271 e. The van der Waals surface area contributed by atoms with E-state index in [1.54, 1.807) is 36.8 Å². The van der Waals surface area contributed by atoms with E-state index >= 15 is 0 Å². The number of para-hydroxylation sites is 1. The summed E-state index contributed by atoms with van der Waals surface area (Å²) in [7, 11) is 1.58. The lowest BCUT2D eigenvalue weighted by Crippen LogP contribution is -2.40. The number of fused-ring (bicyclic) bond motifs is 1. The van der Waals surface area contributed by atoms with E-state index in [0.717, 1.165) is 25.9 Å². The summed E-state index contributed by atoms with van der Waals surface area (Å²) in [6.45, 7) is 5.50. The molecule has 10 nitrogen and oxygen atoms in total. The summed E-state index contributed by atoms with van der Waals surface area (Å²) in [4.78, 5) is 47.5. The summed E-state index contributed by atoms with van der Waals surface area (Å²) < 4.78 is 19.2. The van der Waals surface area contributed by atoms with Crippen LogP contribution in [0.15, 0.2) is 93.9 Å². The van der Waals surface area contributed by atoms with Gasteiger partial charge in [0.15, 0.2) is 22.9 Å². The minimum Gasteiger partial charge on any atom is -0.497 e. The van der Waals surface area contributed by atoms with Crippen molar-refractivity contribution in [3.05, 3.63) is 115 Å². The van der Waals surface area contributed by atoms with Gasteiger partial charge in [-0.3, -0.25) is 19.0 Å². The van der Waals surface area contributed by atoms with Crippen LogP contribution in [0.25, 0.3) is 6.08 Å². The third kappa shape index (κ3) is 6.85. The predicted octanol–water partition coefficient (Wildman–Crippen LogP) is 4.28. The average Bonchev–Trinajstić information content (AvgIpc) is 3.73. The number of thiazole rings is 1. The van der Waals surface area contributed by atoms with Gasteiger partial charge in [-0.15, -0.1) is 0 Å². The maximum absolute atomic E-state index is 14.2. The molecule has 0 unspecified atom stereocenters. The van der Waals surface area contributed by atoms with Crippen LogP contribution in [-0.2, 0) is 9.59 Å². The van der Waals surface area contributed by atoms with Crippen LogP contribution < -0.4 is 34.4 Å². The number of carbonyl (C=O) groups is 2. The van der Waals surface area contributed by atoms with Crippen LogP contribution in [0.2, 0.25) is 0 Å². The van der Waals surface area contributed by atoms with Crippen molar-refractivity contribution in [2.75, 3.05) is 38.7 Å². The van der Waals surface area contributed by atoms with E-state index in [4.69, 9.17) is 19.2 Å². The zero-order valence-electron chi connectivity index (χ0n) is 26.5. The van der Waals surface area contributed by atoms with Crippen LogP contribution in [0.3, 0.4) is 0 Å². The van der Waals surface area contributed by atoms with Gasteiger partial charge in [-0.1, -0.05) is 47.7 Å². The number of ether oxygens (including phenoxy) is 3. The number of likely N-dealkylation sites (tertiary alicyclic amines) is 1. The molecular weight excluding hydrogens is 616 g/mol. The highest BCUT2D eigenvalue weighted by atomic mass is 32.1. The minimum absolute atomic E-state index is 0.0483. The molecule has 0 spiro atoms. The second kappa shape index (κ2) is 14.1. The molecule has 1 fully saturated rings. The van der Waals surface area contributed by atoms with Gasteiger partial charge in [-0.25, -0.2) is 4.99 Å². The van der Waals surface area contributed by atoms with E-state index in [1.165, 1.54) is 11.3 Å². The standard InChI is InChI=1S/C36H36N4O6S/c1-4-45-29-19-24(15-16-28(29)46-22-31(41)39-17-8-9-18-39)20-30-35(43)40-33(25-11-10-14-27(21-25)44-3)32(23(2)37-36(40)47-30)34(42)38-26-12-6-5-7-13-26/h5-7,10-16,19-21,33H,4,8-9,17-18,22H2,1-3H3,(H,38,42)/b30-20+/t33-/m0/s1. The molecule has 1 N–H and O–H groups in total. The number of hydrogen-bond donors (Lipinski definition) is 1. The van der Waals surface area contributed by atoms with Gasteiger partial charge in [-0.2, -0.15) is 0 Å². The lowest BCUT2D eigenvalue weighted by Gasteiger charge is -2.25. The molecule has 3 aromatic carbocycles. The highest BCUT2D eigenvalue weighted by molar-refractivity contribution is 7.07. The van der Waals surface area contributed by atoms with Gasteiger partial charge in [0.2, 0.25) is 0 Å². The van der Waals surface area contributed by atoms with E-state index in [-0.39, 0.29) is 24.0 Å². The summed E-state index contributed by atoms with van der Waals surface area (Å²) in [6, 6.07) is 21.2. The fourth-order valence-electron chi connectivity index (χ4n) is 5.81. The highest BCUT2D eigenvalue weighted by Crippen LogP contribution is 2.33. The summed E-state index contributed by atoms with van der Waals surface area (Å²) in [6.07, 6.45) is 3.80. The van der Waals surface area contributed by atoms with Gasteiger partial charge >= 0.3 is 0 Å². The Hall–Kier alpha value is -5.16. The van der Waals surface area contributed by atoms with Gasteiger partial charge in [0, 0.05) is 18.8 Å². The monoisotopic (exact) mass is 652 g/mol. The number of allylic oxidation sites excluding steroid dienone is 1. The largest absolute Gasteiger partial charge is 0.497 e. The number of carbonyl (C=O) groups excluding carboxylic acids is 2. The number of methoxy groups -OCH3 is 1. The number of nitrogens with one attached hydrogen (secondary N) is 1. The summed E-state index contributed by atoms with van der Waals surface area (Å²) in [5.74, 6) is 1.15.